The molecular formula is C17H15Cl2N3O. The molecule has 2 aromatic heterocycles. The van der Waals surface area contributed by atoms with Crippen LogP contribution in [-0.4, -0.2) is 27.6 Å². The van der Waals surface area contributed by atoms with E-state index in [-0.39, 0.29) is 5.75 Å². The van der Waals surface area contributed by atoms with E-state index in [0.717, 1.165) is 36.4 Å². The van der Waals surface area contributed by atoms with Gasteiger partial charge in [-0.05, 0) is 42.8 Å². The SMILES string of the molecule is Oc1ccc(Cl)c(Cl)c1-c1ccn2cc(C3CCNC3)nc2c1. The average molecular weight is 348 g/mol. The number of pyridine rings is 1. The molecule has 2 N–H and O–H groups in total. The molecule has 3 aromatic rings. The fraction of sp³-hybridized carbons (Fsp3) is 0.235. The fourth-order valence-electron chi connectivity index (χ4n) is 3.08. The Kier molecular flexibility index (Phi) is 3.68. The van der Waals surface area contributed by atoms with Gasteiger partial charge in [-0.2, -0.15) is 0 Å². The number of nitrogens with zero attached hydrogens (tertiary/aromatic N) is 2. The van der Waals surface area contributed by atoms with Crippen molar-refractivity contribution in [2.24, 2.45) is 0 Å². The number of rotatable bonds is 2. The van der Waals surface area contributed by atoms with Crippen LogP contribution in [0.4, 0.5) is 0 Å². The molecule has 118 valence electrons. The highest BCUT2D eigenvalue weighted by Gasteiger charge is 2.20. The van der Waals surface area contributed by atoms with Crippen molar-refractivity contribution < 1.29 is 5.11 Å². The van der Waals surface area contributed by atoms with Crippen LogP contribution in [0.2, 0.25) is 10.0 Å². The summed E-state index contributed by atoms with van der Waals surface area (Å²) in [6.45, 7) is 2.01. The Labute approximate surface area is 143 Å². The number of nitrogens with one attached hydrogen (secondary N) is 1. The number of hydrogen-bond donors (Lipinski definition) is 2. The molecule has 0 radical (unpaired) electrons. The number of fused-ring (bicyclic) bond motifs is 1. The highest BCUT2D eigenvalue weighted by molar-refractivity contribution is 6.44. The number of hydrogen-bond acceptors (Lipinski definition) is 3. The fourth-order valence-corrected chi connectivity index (χ4v) is 3.50. The largest absolute Gasteiger partial charge is 0.507 e. The molecule has 0 saturated carbocycles. The van der Waals surface area contributed by atoms with Crippen LogP contribution in [-0.2, 0) is 0 Å². The third kappa shape index (κ3) is 2.57. The Hall–Kier alpha value is -1.75. The van der Waals surface area contributed by atoms with E-state index in [0.29, 0.717) is 21.5 Å². The molecule has 1 aromatic carbocycles. The van der Waals surface area contributed by atoms with E-state index in [1.807, 2.05) is 22.7 Å². The number of aromatic nitrogens is 2. The summed E-state index contributed by atoms with van der Waals surface area (Å²) in [6.07, 6.45) is 5.11. The Morgan fingerprint density at radius 1 is 1.26 bits per heavy atom. The van der Waals surface area contributed by atoms with E-state index in [1.54, 1.807) is 12.1 Å². The van der Waals surface area contributed by atoms with Crippen molar-refractivity contribution in [2.75, 3.05) is 13.1 Å². The number of aromatic hydroxyl groups is 1. The minimum Gasteiger partial charge on any atom is -0.507 e. The Morgan fingerprint density at radius 2 is 2.13 bits per heavy atom. The van der Waals surface area contributed by atoms with Crippen molar-refractivity contribution in [1.82, 2.24) is 14.7 Å². The van der Waals surface area contributed by atoms with Gasteiger partial charge in [-0.3, -0.25) is 0 Å². The van der Waals surface area contributed by atoms with Crippen LogP contribution in [0, 0.1) is 0 Å². The molecule has 3 heterocycles. The van der Waals surface area contributed by atoms with Gasteiger partial charge in [0.25, 0.3) is 0 Å². The molecule has 4 nitrogen and oxygen atoms in total. The van der Waals surface area contributed by atoms with E-state index >= 15 is 0 Å². The van der Waals surface area contributed by atoms with Crippen LogP contribution >= 0.6 is 23.2 Å². The average Bonchev–Trinajstić information content (AvgIpc) is 3.19. The van der Waals surface area contributed by atoms with Gasteiger partial charge in [0.2, 0.25) is 0 Å². The summed E-state index contributed by atoms with van der Waals surface area (Å²) in [5, 5.41) is 14.3. The van der Waals surface area contributed by atoms with Crippen LogP contribution in [0.5, 0.6) is 5.75 Å². The molecule has 0 amide bonds. The zero-order chi connectivity index (χ0) is 16.0. The first-order valence-electron chi connectivity index (χ1n) is 7.50. The van der Waals surface area contributed by atoms with Crippen molar-refractivity contribution in [2.45, 2.75) is 12.3 Å². The number of benzene rings is 1. The molecule has 1 aliphatic heterocycles. The second-order valence-electron chi connectivity index (χ2n) is 5.79. The molecule has 1 fully saturated rings. The summed E-state index contributed by atoms with van der Waals surface area (Å²) in [5.74, 6) is 0.567. The first kappa shape index (κ1) is 14.8. The van der Waals surface area contributed by atoms with Crippen LogP contribution < -0.4 is 5.32 Å². The summed E-state index contributed by atoms with van der Waals surface area (Å²) >= 11 is 12.3. The lowest BCUT2D eigenvalue weighted by Crippen LogP contribution is -2.07. The maximum absolute atomic E-state index is 10.1. The summed E-state index contributed by atoms with van der Waals surface area (Å²) in [5.41, 5.74) is 3.26. The first-order valence-corrected chi connectivity index (χ1v) is 8.26. The van der Waals surface area contributed by atoms with Gasteiger partial charge in [0.05, 0.1) is 15.7 Å². The van der Waals surface area contributed by atoms with Crippen molar-refractivity contribution in [3.8, 4) is 16.9 Å². The first-order chi connectivity index (χ1) is 11.1. The van der Waals surface area contributed by atoms with Crippen molar-refractivity contribution in [3.63, 3.8) is 0 Å². The van der Waals surface area contributed by atoms with E-state index < -0.39 is 0 Å². The topological polar surface area (TPSA) is 49.6 Å². The van der Waals surface area contributed by atoms with E-state index in [9.17, 15) is 5.11 Å². The van der Waals surface area contributed by atoms with Crippen LogP contribution in [0.1, 0.15) is 18.0 Å². The second kappa shape index (κ2) is 5.71. The lowest BCUT2D eigenvalue weighted by atomic mass is 10.1. The van der Waals surface area contributed by atoms with Crippen LogP contribution in [0.15, 0.2) is 36.7 Å². The molecule has 23 heavy (non-hydrogen) atoms. The molecule has 0 aliphatic carbocycles. The van der Waals surface area contributed by atoms with Gasteiger partial charge in [0.15, 0.2) is 0 Å². The molecule has 1 saturated heterocycles. The maximum Gasteiger partial charge on any atom is 0.137 e. The lowest BCUT2D eigenvalue weighted by molar-refractivity contribution is 0.477. The molecule has 0 bridgehead atoms. The highest BCUT2D eigenvalue weighted by atomic mass is 35.5. The van der Waals surface area contributed by atoms with Gasteiger partial charge in [0, 0.05) is 30.4 Å². The lowest BCUT2D eigenvalue weighted by Gasteiger charge is -2.09. The smallest absolute Gasteiger partial charge is 0.137 e. The van der Waals surface area contributed by atoms with Gasteiger partial charge < -0.3 is 14.8 Å². The zero-order valence-corrected chi connectivity index (χ0v) is 13.8. The third-order valence-corrected chi connectivity index (χ3v) is 5.12. The number of phenols is 1. The summed E-state index contributed by atoms with van der Waals surface area (Å²) in [4.78, 5) is 4.73. The number of imidazole rings is 1. The quantitative estimate of drug-likeness (QED) is 0.733. The van der Waals surface area contributed by atoms with Crippen LogP contribution in [0.25, 0.3) is 16.8 Å². The monoisotopic (exact) mass is 347 g/mol. The molecule has 0 spiro atoms. The Bertz CT molecular complexity index is 885. The summed E-state index contributed by atoms with van der Waals surface area (Å²) in [7, 11) is 0. The van der Waals surface area contributed by atoms with Crippen molar-refractivity contribution in [1.29, 1.82) is 0 Å². The molecular weight excluding hydrogens is 333 g/mol. The van der Waals surface area contributed by atoms with E-state index in [4.69, 9.17) is 28.2 Å². The normalized spacial score (nSPS) is 17.9. The third-order valence-electron chi connectivity index (χ3n) is 4.32. The molecule has 1 unspecified atom stereocenters. The van der Waals surface area contributed by atoms with Crippen molar-refractivity contribution >= 4 is 28.8 Å². The van der Waals surface area contributed by atoms with Crippen molar-refractivity contribution in [3.05, 3.63) is 52.4 Å². The van der Waals surface area contributed by atoms with Gasteiger partial charge in [0.1, 0.15) is 11.4 Å². The predicted octanol–water partition coefficient (Wildman–Crippen LogP) is 4.09. The number of phenolic OH excluding ortho intramolecular Hbond substituents is 1. The standard InChI is InChI=1S/C17H15Cl2N3O/c18-12-1-2-14(23)16(17(12)19)10-4-6-22-9-13(21-15(22)7-10)11-3-5-20-8-11/h1-2,4,6-7,9,11,20,23H,3,5,8H2. The summed E-state index contributed by atoms with van der Waals surface area (Å²) < 4.78 is 1.99. The highest BCUT2D eigenvalue weighted by Crippen LogP contribution is 2.40. The molecule has 6 heteroatoms. The molecule has 1 atom stereocenters. The Morgan fingerprint density at radius 3 is 2.91 bits per heavy atom. The molecule has 1 aliphatic rings. The minimum atomic E-state index is 0.107. The predicted molar refractivity (Wildman–Crippen MR) is 92.5 cm³/mol. The minimum absolute atomic E-state index is 0.107. The Balaban J connectivity index is 1.81. The van der Waals surface area contributed by atoms with Gasteiger partial charge >= 0.3 is 0 Å². The van der Waals surface area contributed by atoms with Crippen LogP contribution in [0.3, 0.4) is 0 Å². The summed E-state index contributed by atoms with van der Waals surface area (Å²) in [6, 6.07) is 6.96. The van der Waals surface area contributed by atoms with Gasteiger partial charge in [-0.15, -0.1) is 0 Å². The zero-order valence-electron chi connectivity index (χ0n) is 12.3. The molecule has 4 rings (SSSR count). The van der Waals surface area contributed by atoms with E-state index in [2.05, 4.69) is 11.5 Å². The van der Waals surface area contributed by atoms with Gasteiger partial charge in [-0.25, -0.2) is 4.98 Å². The second-order valence-corrected chi connectivity index (χ2v) is 6.58. The van der Waals surface area contributed by atoms with E-state index in [1.165, 1.54) is 0 Å². The van der Waals surface area contributed by atoms with Gasteiger partial charge in [-0.1, -0.05) is 23.2 Å². The maximum atomic E-state index is 10.1. The number of halogens is 2.